The predicted octanol–water partition coefficient (Wildman–Crippen LogP) is 0.854. The molecule has 0 bridgehead atoms. The van der Waals surface area contributed by atoms with Crippen molar-refractivity contribution in [2.24, 2.45) is 17.8 Å². The Kier molecular flexibility index (Phi) is 2.43. The number of hydrogen-bond donors (Lipinski definition) is 1. The van der Waals surface area contributed by atoms with Crippen LogP contribution in [0.25, 0.3) is 0 Å². The Morgan fingerprint density at radius 2 is 1.87 bits per heavy atom. The zero-order valence-electron chi connectivity index (χ0n) is 9.24. The molecule has 1 aliphatic carbocycles. The fourth-order valence-electron chi connectivity index (χ4n) is 3.31. The molecular formula is C12H20N2O. The number of carbonyl (C=O) groups is 1. The topological polar surface area (TPSA) is 32.3 Å². The lowest BCUT2D eigenvalue weighted by atomic mass is 9.99. The van der Waals surface area contributed by atoms with Gasteiger partial charge in [-0.1, -0.05) is 6.42 Å². The van der Waals surface area contributed by atoms with E-state index in [-0.39, 0.29) is 0 Å². The second-order valence-corrected chi connectivity index (χ2v) is 5.48. The van der Waals surface area contributed by atoms with Gasteiger partial charge in [0.1, 0.15) is 0 Å². The molecule has 2 unspecified atom stereocenters. The highest BCUT2D eigenvalue weighted by molar-refractivity contribution is 5.77. The second kappa shape index (κ2) is 3.78. The largest absolute Gasteiger partial charge is 0.342 e. The maximum atomic E-state index is 12.0. The maximum absolute atomic E-state index is 12.0. The van der Waals surface area contributed by atoms with E-state index in [0.29, 0.717) is 11.8 Å². The Bertz CT molecular complexity index is 250. The van der Waals surface area contributed by atoms with Gasteiger partial charge >= 0.3 is 0 Å². The Hall–Kier alpha value is -0.570. The summed E-state index contributed by atoms with van der Waals surface area (Å²) in [6, 6.07) is 0. The van der Waals surface area contributed by atoms with Crippen molar-refractivity contribution >= 4 is 5.91 Å². The van der Waals surface area contributed by atoms with E-state index in [1.165, 1.54) is 19.3 Å². The van der Waals surface area contributed by atoms with E-state index in [0.717, 1.165) is 44.4 Å². The van der Waals surface area contributed by atoms with Crippen molar-refractivity contribution in [3.8, 4) is 0 Å². The van der Waals surface area contributed by atoms with Gasteiger partial charge in [0.05, 0.1) is 0 Å². The standard InChI is InChI=1S/C12H20N2O/c15-12(4-9-5-13-6-9)14-7-10-2-1-3-11(10)8-14/h9-11,13H,1-8H2. The summed E-state index contributed by atoms with van der Waals surface area (Å²) in [5.41, 5.74) is 0. The molecule has 0 radical (unpaired) electrons. The van der Waals surface area contributed by atoms with Crippen LogP contribution in [0.4, 0.5) is 0 Å². The van der Waals surface area contributed by atoms with Gasteiger partial charge in [0, 0.05) is 19.5 Å². The number of nitrogens with one attached hydrogen (secondary N) is 1. The van der Waals surface area contributed by atoms with E-state index in [1.54, 1.807) is 0 Å². The Balaban J connectivity index is 1.52. The van der Waals surface area contributed by atoms with Gasteiger partial charge in [-0.2, -0.15) is 0 Å². The minimum Gasteiger partial charge on any atom is -0.342 e. The molecule has 0 spiro atoms. The lowest BCUT2D eigenvalue weighted by Crippen LogP contribution is -2.45. The van der Waals surface area contributed by atoms with Crippen LogP contribution in [0.3, 0.4) is 0 Å². The molecule has 0 aromatic carbocycles. The summed E-state index contributed by atoms with van der Waals surface area (Å²) in [5.74, 6) is 2.72. The van der Waals surface area contributed by atoms with E-state index >= 15 is 0 Å². The van der Waals surface area contributed by atoms with Crippen molar-refractivity contribution < 1.29 is 4.79 Å². The molecule has 3 heteroatoms. The lowest BCUT2D eigenvalue weighted by Gasteiger charge is -2.28. The average molecular weight is 208 g/mol. The quantitative estimate of drug-likeness (QED) is 0.730. The Labute approximate surface area is 91.2 Å². The Morgan fingerprint density at radius 3 is 2.40 bits per heavy atom. The molecule has 3 rings (SSSR count). The molecule has 84 valence electrons. The van der Waals surface area contributed by atoms with Crippen molar-refractivity contribution in [3.05, 3.63) is 0 Å². The molecule has 1 amide bonds. The normalized spacial score (nSPS) is 35.3. The SMILES string of the molecule is O=C(CC1CNC1)N1CC2CCCC2C1. The minimum absolute atomic E-state index is 0.413. The monoisotopic (exact) mass is 208 g/mol. The first-order chi connectivity index (χ1) is 7.33. The first-order valence-electron chi connectivity index (χ1n) is 6.31. The molecule has 1 saturated carbocycles. The summed E-state index contributed by atoms with van der Waals surface area (Å²) < 4.78 is 0. The van der Waals surface area contributed by atoms with Crippen LogP contribution in [0.1, 0.15) is 25.7 Å². The van der Waals surface area contributed by atoms with Gasteiger partial charge in [0.2, 0.25) is 5.91 Å². The number of rotatable bonds is 2. The second-order valence-electron chi connectivity index (χ2n) is 5.48. The molecular weight excluding hydrogens is 188 g/mol. The molecule has 3 fully saturated rings. The molecule has 3 nitrogen and oxygen atoms in total. The molecule has 2 heterocycles. The van der Waals surface area contributed by atoms with Crippen LogP contribution in [0.2, 0.25) is 0 Å². The van der Waals surface area contributed by atoms with Crippen LogP contribution < -0.4 is 5.32 Å². The molecule has 0 aromatic rings. The van der Waals surface area contributed by atoms with Crippen molar-refractivity contribution in [1.29, 1.82) is 0 Å². The zero-order chi connectivity index (χ0) is 10.3. The highest BCUT2D eigenvalue weighted by Gasteiger charge is 2.38. The van der Waals surface area contributed by atoms with Crippen molar-refractivity contribution in [2.45, 2.75) is 25.7 Å². The van der Waals surface area contributed by atoms with E-state index in [1.807, 2.05) is 0 Å². The summed E-state index contributed by atoms with van der Waals surface area (Å²) in [5, 5.41) is 3.23. The summed E-state index contributed by atoms with van der Waals surface area (Å²) in [4.78, 5) is 14.1. The highest BCUT2D eigenvalue weighted by Crippen LogP contribution is 2.38. The Morgan fingerprint density at radius 1 is 1.20 bits per heavy atom. The number of nitrogens with zero attached hydrogens (tertiary/aromatic N) is 1. The third kappa shape index (κ3) is 1.78. The summed E-state index contributed by atoms with van der Waals surface area (Å²) >= 11 is 0. The third-order valence-corrected chi connectivity index (χ3v) is 4.41. The van der Waals surface area contributed by atoms with Gasteiger partial charge in [-0.15, -0.1) is 0 Å². The highest BCUT2D eigenvalue weighted by atomic mass is 16.2. The first-order valence-corrected chi connectivity index (χ1v) is 6.31. The van der Waals surface area contributed by atoms with Crippen LogP contribution in [0.15, 0.2) is 0 Å². The van der Waals surface area contributed by atoms with E-state index in [2.05, 4.69) is 10.2 Å². The fraction of sp³-hybridized carbons (Fsp3) is 0.917. The average Bonchev–Trinajstić information content (AvgIpc) is 2.69. The predicted molar refractivity (Wildman–Crippen MR) is 58.4 cm³/mol. The van der Waals surface area contributed by atoms with Gasteiger partial charge in [-0.05, 0) is 43.7 Å². The van der Waals surface area contributed by atoms with Gasteiger partial charge in [0.15, 0.2) is 0 Å². The molecule has 2 atom stereocenters. The number of fused-ring (bicyclic) bond motifs is 1. The summed E-state index contributed by atoms with van der Waals surface area (Å²) in [7, 11) is 0. The van der Waals surface area contributed by atoms with Gasteiger partial charge < -0.3 is 10.2 Å². The molecule has 0 aromatic heterocycles. The lowest BCUT2D eigenvalue weighted by molar-refractivity contribution is -0.131. The van der Waals surface area contributed by atoms with E-state index < -0.39 is 0 Å². The molecule has 3 aliphatic rings. The molecule has 2 aliphatic heterocycles. The van der Waals surface area contributed by atoms with Crippen LogP contribution in [-0.2, 0) is 4.79 Å². The van der Waals surface area contributed by atoms with Crippen LogP contribution >= 0.6 is 0 Å². The number of hydrogen-bond acceptors (Lipinski definition) is 2. The van der Waals surface area contributed by atoms with Gasteiger partial charge in [-0.3, -0.25) is 4.79 Å². The minimum atomic E-state index is 0.413. The van der Waals surface area contributed by atoms with Crippen molar-refractivity contribution in [3.63, 3.8) is 0 Å². The number of likely N-dealkylation sites (tertiary alicyclic amines) is 1. The summed E-state index contributed by atoms with van der Waals surface area (Å²) in [6.45, 7) is 4.21. The van der Waals surface area contributed by atoms with Gasteiger partial charge in [-0.25, -0.2) is 0 Å². The zero-order valence-corrected chi connectivity index (χ0v) is 9.24. The number of carbonyl (C=O) groups excluding carboxylic acids is 1. The smallest absolute Gasteiger partial charge is 0.222 e. The third-order valence-electron chi connectivity index (χ3n) is 4.41. The van der Waals surface area contributed by atoms with Crippen LogP contribution in [0.5, 0.6) is 0 Å². The van der Waals surface area contributed by atoms with Crippen LogP contribution in [-0.4, -0.2) is 37.0 Å². The molecule has 2 saturated heterocycles. The van der Waals surface area contributed by atoms with Crippen molar-refractivity contribution in [2.75, 3.05) is 26.2 Å². The van der Waals surface area contributed by atoms with E-state index in [9.17, 15) is 4.79 Å². The molecule has 1 N–H and O–H groups in total. The summed E-state index contributed by atoms with van der Waals surface area (Å²) in [6.07, 6.45) is 4.90. The van der Waals surface area contributed by atoms with Crippen molar-refractivity contribution in [1.82, 2.24) is 10.2 Å². The number of amides is 1. The van der Waals surface area contributed by atoms with Crippen LogP contribution in [0, 0.1) is 17.8 Å². The molecule has 15 heavy (non-hydrogen) atoms. The maximum Gasteiger partial charge on any atom is 0.222 e. The fourth-order valence-corrected chi connectivity index (χ4v) is 3.31. The first kappa shape index (κ1) is 9.64. The van der Waals surface area contributed by atoms with E-state index in [4.69, 9.17) is 0 Å². The van der Waals surface area contributed by atoms with Gasteiger partial charge in [0.25, 0.3) is 0 Å².